The summed E-state index contributed by atoms with van der Waals surface area (Å²) in [5.41, 5.74) is 4.88. The molecule has 5 aromatic rings. The molecule has 59 heavy (non-hydrogen) atoms. The quantitative estimate of drug-likeness (QED) is 0.0674. The molecule has 2 aliphatic rings. The van der Waals surface area contributed by atoms with Crippen LogP contribution in [-0.4, -0.2) is 88.8 Å². The summed E-state index contributed by atoms with van der Waals surface area (Å²) in [4.78, 5) is 56.8. The fourth-order valence-corrected chi connectivity index (χ4v) is 8.36. The van der Waals surface area contributed by atoms with E-state index in [-0.39, 0.29) is 47.7 Å². The molecule has 4 atom stereocenters. The van der Waals surface area contributed by atoms with Gasteiger partial charge < -0.3 is 40.4 Å². The van der Waals surface area contributed by atoms with Crippen LogP contribution in [0, 0.1) is 11.8 Å². The molecular formula is C46H52N6O7. The van der Waals surface area contributed by atoms with E-state index in [2.05, 4.69) is 25.8 Å². The van der Waals surface area contributed by atoms with Crippen molar-refractivity contribution in [1.82, 2.24) is 20.1 Å². The number of hydrogen-bond donors (Lipinski definition) is 6. The molecule has 0 spiro atoms. The number of benzene rings is 4. The maximum absolute atomic E-state index is 12.9. The van der Waals surface area contributed by atoms with Gasteiger partial charge in [0.25, 0.3) is 0 Å². The van der Waals surface area contributed by atoms with E-state index in [0.29, 0.717) is 60.9 Å². The number of aliphatic hydroxyl groups is 1. The lowest BCUT2D eigenvalue weighted by Crippen LogP contribution is -2.33. The number of phenols is 1. The van der Waals surface area contributed by atoms with Gasteiger partial charge in [-0.15, -0.1) is 0 Å². The van der Waals surface area contributed by atoms with Crippen LogP contribution in [0.3, 0.4) is 0 Å². The molecule has 7 rings (SSSR count). The number of phenolic OH excluding ortho intramolecular Hbond substituents is 1. The van der Waals surface area contributed by atoms with E-state index in [1.165, 1.54) is 12.1 Å². The molecule has 1 aliphatic heterocycles. The molecule has 1 saturated carbocycles. The number of likely N-dealkylation sites (tertiary alicyclic amines) is 1. The minimum atomic E-state index is -0.865. The second-order valence-electron chi connectivity index (χ2n) is 15.7. The maximum Gasteiger partial charge on any atom is 0.411 e. The van der Waals surface area contributed by atoms with Crippen molar-refractivity contribution < 1.29 is 29.3 Å². The molecule has 0 radical (unpaired) electrons. The zero-order chi connectivity index (χ0) is 41.3. The number of aromatic amines is 1. The molecule has 13 heteroatoms. The van der Waals surface area contributed by atoms with Gasteiger partial charge in [0.1, 0.15) is 11.9 Å². The van der Waals surface area contributed by atoms with Gasteiger partial charge in [0.2, 0.25) is 17.4 Å². The number of ether oxygens (including phenoxy) is 1. The predicted octanol–water partition coefficient (Wildman–Crippen LogP) is 6.25. The highest BCUT2D eigenvalue weighted by molar-refractivity contribution is 5.92. The molecule has 2 fully saturated rings. The van der Waals surface area contributed by atoms with Gasteiger partial charge in [-0.3, -0.25) is 19.7 Å². The molecule has 0 bridgehead atoms. The number of anilines is 2. The summed E-state index contributed by atoms with van der Waals surface area (Å²) >= 11 is 0. The highest BCUT2D eigenvalue weighted by Crippen LogP contribution is 2.40. The Balaban J connectivity index is 0.753. The molecule has 1 aliphatic carbocycles. The van der Waals surface area contributed by atoms with Crippen LogP contribution in [0.4, 0.5) is 16.2 Å². The van der Waals surface area contributed by atoms with Crippen LogP contribution in [0.2, 0.25) is 0 Å². The SMILES string of the molecule is CN(CCCC(=O)Nc1ccc(CNC[C@H](O)c2ccc(O)c3[nH]c(=O)ccc23)cc1)C(=O)CCN1C[C@H]2C[C@@H](OC(=O)Nc3ccccc3-c3ccccc3)C[C@H]2C1. The number of H-pyrrole nitrogens is 1. The Kier molecular flexibility index (Phi) is 13.4. The summed E-state index contributed by atoms with van der Waals surface area (Å²) in [7, 11) is 1.78. The van der Waals surface area contributed by atoms with E-state index in [9.17, 15) is 29.4 Å². The van der Waals surface area contributed by atoms with Crippen LogP contribution in [-0.2, 0) is 20.9 Å². The summed E-state index contributed by atoms with van der Waals surface area (Å²) in [5, 5.41) is 30.6. The summed E-state index contributed by atoms with van der Waals surface area (Å²) in [6.45, 7) is 3.69. The number of para-hydroxylation sites is 1. The largest absolute Gasteiger partial charge is 0.506 e. The average molecular weight is 801 g/mol. The highest BCUT2D eigenvalue weighted by Gasteiger charge is 2.42. The van der Waals surface area contributed by atoms with Crippen molar-refractivity contribution in [2.24, 2.45) is 11.8 Å². The zero-order valence-electron chi connectivity index (χ0n) is 33.2. The number of aromatic hydroxyl groups is 1. The second kappa shape index (κ2) is 19.2. The fraction of sp³-hybridized carbons (Fsp3) is 0.348. The molecule has 1 saturated heterocycles. The molecule has 3 amide bonds. The number of rotatable bonds is 16. The normalized spacial score (nSPS) is 18.0. The number of fused-ring (bicyclic) bond motifs is 2. The fourth-order valence-electron chi connectivity index (χ4n) is 8.36. The minimum Gasteiger partial charge on any atom is -0.506 e. The van der Waals surface area contributed by atoms with E-state index >= 15 is 0 Å². The standard InChI is InChI=1S/C46H52N6O7/c1-51(22-7-12-42(55)48-34-15-13-30(14-16-34)26-47-27-41(54)37-17-19-40(53)45-38(37)18-20-43(56)50-45)44(57)21-23-52-28-32-24-35(25-33(32)29-52)59-46(58)49-39-11-6-5-10-36(39)31-8-3-2-4-9-31/h2-6,8-11,13-20,32-33,35,41,47,53-54H,7,12,21-29H2,1H3,(H,48,55)(H,49,58)(H,50,56)/t32-,33+,35-,41-/m0/s1. The van der Waals surface area contributed by atoms with Crippen LogP contribution in [0.1, 0.15) is 49.3 Å². The molecule has 308 valence electrons. The number of nitrogens with one attached hydrogen (secondary N) is 4. The summed E-state index contributed by atoms with van der Waals surface area (Å²) in [6.07, 6.45) is 1.48. The number of nitrogens with zero attached hydrogens (tertiary/aromatic N) is 2. The first-order valence-corrected chi connectivity index (χ1v) is 20.3. The number of pyridine rings is 1. The molecule has 6 N–H and O–H groups in total. The van der Waals surface area contributed by atoms with E-state index in [4.69, 9.17) is 4.74 Å². The Hall–Kier alpha value is -6.02. The lowest BCUT2D eigenvalue weighted by atomic mass is 10.0. The number of amides is 3. The van der Waals surface area contributed by atoms with Gasteiger partial charge in [-0.05, 0) is 78.1 Å². The molecule has 0 unspecified atom stereocenters. The predicted molar refractivity (Wildman–Crippen MR) is 228 cm³/mol. The molecule has 13 nitrogen and oxygen atoms in total. The summed E-state index contributed by atoms with van der Waals surface area (Å²) in [5.74, 6) is 0.759. The third-order valence-corrected chi connectivity index (χ3v) is 11.4. The maximum atomic E-state index is 12.9. The van der Waals surface area contributed by atoms with E-state index in [0.717, 1.165) is 48.3 Å². The zero-order valence-corrected chi connectivity index (χ0v) is 33.2. The van der Waals surface area contributed by atoms with Crippen LogP contribution < -0.4 is 21.5 Å². The van der Waals surface area contributed by atoms with E-state index < -0.39 is 12.2 Å². The third kappa shape index (κ3) is 10.7. The number of aromatic nitrogens is 1. The second-order valence-corrected chi connectivity index (χ2v) is 15.7. The minimum absolute atomic E-state index is 0.0561. The van der Waals surface area contributed by atoms with Gasteiger partial charge in [0.05, 0.1) is 17.3 Å². The Labute approximate surface area is 343 Å². The van der Waals surface area contributed by atoms with Gasteiger partial charge in [-0.25, -0.2) is 4.79 Å². The summed E-state index contributed by atoms with van der Waals surface area (Å²) < 4.78 is 5.87. The average Bonchev–Trinajstić information content (AvgIpc) is 3.79. The van der Waals surface area contributed by atoms with Gasteiger partial charge in [-0.2, -0.15) is 0 Å². The number of hydrogen-bond acceptors (Lipinski definition) is 9. The number of carbonyl (C=O) groups excluding carboxylic acids is 3. The Bertz CT molecular complexity index is 2290. The first kappa shape index (κ1) is 41.2. The van der Waals surface area contributed by atoms with Crippen LogP contribution in [0.25, 0.3) is 22.0 Å². The molecule has 4 aromatic carbocycles. The van der Waals surface area contributed by atoms with E-state index in [1.807, 2.05) is 78.9 Å². The third-order valence-electron chi connectivity index (χ3n) is 11.4. The lowest BCUT2D eigenvalue weighted by Gasteiger charge is -2.21. The molecule has 2 heterocycles. The topological polar surface area (TPSA) is 176 Å². The number of carbonyl (C=O) groups is 3. The van der Waals surface area contributed by atoms with Crippen molar-refractivity contribution in [2.75, 3.05) is 50.4 Å². The lowest BCUT2D eigenvalue weighted by molar-refractivity contribution is -0.130. The smallest absolute Gasteiger partial charge is 0.411 e. The van der Waals surface area contributed by atoms with Crippen LogP contribution >= 0.6 is 0 Å². The molecule has 1 aromatic heterocycles. The van der Waals surface area contributed by atoms with Gasteiger partial charge >= 0.3 is 6.09 Å². The van der Waals surface area contributed by atoms with Crippen molar-refractivity contribution >= 4 is 40.2 Å². The van der Waals surface area contributed by atoms with Crippen molar-refractivity contribution in [1.29, 1.82) is 0 Å². The van der Waals surface area contributed by atoms with Crippen molar-refractivity contribution in [2.45, 2.75) is 50.9 Å². The first-order valence-electron chi connectivity index (χ1n) is 20.3. The van der Waals surface area contributed by atoms with Gasteiger partial charge in [0, 0.05) is 81.9 Å². The first-order chi connectivity index (χ1) is 28.6. The highest BCUT2D eigenvalue weighted by atomic mass is 16.6. The monoisotopic (exact) mass is 800 g/mol. The molecular weight excluding hydrogens is 749 g/mol. The summed E-state index contributed by atoms with van der Waals surface area (Å²) in [6, 6.07) is 31.2. The Morgan fingerprint density at radius 1 is 0.881 bits per heavy atom. The van der Waals surface area contributed by atoms with Crippen molar-refractivity contribution in [3.05, 3.63) is 125 Å². The van der Waals surface area contributed by atoms with Gasteiger partial charge in [-0.1, -0.05) is 66.7 Å². The van der Waals surface area contributed by atoms with Gasteiger partial charge in [0.15, 0.2) is 0 Å². The Morgan fingerprint density at radius 3 is 2.37 bits per heavy atom. The van der Waals surface area contributed by atoms with E-state index in [1.54, 1.807) is 24.1 Å². The Morgan fingerprint density at radius 2 is 1.61 bits per heavy atom. The number of aliphatic hydroxyl groups excluding tert-OH is 1. The van der Waals surface area contributed by atoms with Crippen molar-refractivity contribution in [3.8, 4) is 16.9 Å². The van der Waals surface area contributed by atoms with Crippen LogP contribution in [0.5, 0.6) is 5.75 Å². The van der Waals surface area contributed by atoms with Crippen LogP contribution in [0.15, 0.2) is 108 Å². The van der Waals surface area contributed by atoms with Crippen molar-refractivity contribution in [3.63, 3.8) is 0 Å².